The van der Waals surface area contributed by atoms with E-state index in [1.165, 1.54) is 20.1 Å². The Morgan fingerprint density at radius 3 is 2.08 bits per heavy atom. The molecule has 19 heteroatoms. The predicted octanol–water partition coefficient (Wildman–Crippen LogP) is 5.16. The maximum absolute atomic E-state index is 13.9. The van der Waals surface area contributed by atoms with Gasteiger partial charge in [0.25, 0.3) is 0 Å². The molecule has 5 N–H and O–H groups in total. The lowest BCUT2D eigenvalue weighted by Gasteiger charge is -2.33. The van der Waals surface area contributed by atoms with Crippen LogP contribution in [0.25, 0.3) is 11.0 Å². The number of aromatic nitrogens is 2. The molecule has 2 aromatic rings. The molecule has 1 aromatic carbocycles. The monoisotopic (exact) mass is 697 g/mol. The summed E-state index contributed by atoms with van der Waals surface area (Å²) in [5.41, 5.74) is 4.87. The van der Waals surface area contributed by atoms with Gasteiger partial charge in [0.2, 0.25) is 18.7 Å². The number of alkyl halides is 6. The van der Waals surface area contributed by atoms with Crippen LogP contribution < -0.4 is 5.73 Å². The van der Waals surface area contributed by atoms with Crippen molar-refractivity contribution in [1.29, 1.82) is 5.41 Å². The lowest BCUT2D eigenvalue weighted by Crippen LogP contribution is -2.38. The minimum atomic E-state index is -4.08. The molecular weight excluding hydrogens is 659 g/mol. The number of carbonyl (C=O) groups excluding carboxylic acids is 3. The Labute approximate surface area is 271 Å². The third-order valence-electron chi connectivity index (χ3n) is 7.82. The maximum Gasteiger partial charge on any atom is 0.409 e. The standard InChI is InChI=1S/C17H19F3N4O.C6H11NO2.C5H5F4NO.CH3NO/c1-9(21)14(24-25)13(10-5-7-17(19,20)8-6-10)16-22-12-4-2-3-11(18)15(12)23-16;1-9-6(8)7-4-2-3-5-7;6-4(7)1-10(3-11)2-5(4,8)9;2-1-3/h2-4,10,13,21,25H,5-8H2,1H3,(H,22,23);2-5H2,1H3;3H,1-2H2;1H,(H2,2,3)/b21-9?,24-14+;;;. The highest BCUT2D eigenvalue weighted by atomic mass is 19.3. The number of fused-ring (bicyclic) bond motifs is 1. The zero-order valence-corrected chi connectivity index (χ0v) is 26.2. The number of oxime groups is 1. The van der Waals surface area contributed by atoms with Crippen molar-refractivity contribution in [1.82, 2.24) is 19.8 Å². The molecule has 2 aliphatic heterocycles. The number of ether oxygens (including phenoxy) is 1. The highest BCUT2D eigenvalue weighted by Crippen LogP contribution is 2.43. The molecule has 5 rings (SSSR count). The quantitative estimate of drug-likeness (QED) is 0.110. The number of likely N-dealkylation sites (tertiary alicyclic amines) is 2. The molecule has 48 heavy (non-hydrogen) atoms. The molecule has 1 atom stereocenters. The Morgan fingerprint density at radius 1 is 1.12 bits per heavy atom. The number of rotatable bonds is 5. The van der Waals surface area contributed by atoms with Gasteiger partial charge in [-0.1, -0.05) is 11.2 Å². The van der Waals surface area contributed by atoms with E-state index in [0.717, 1.165) is 25.9 Å². The molecule has 1 unspecified atom stereocenters. The minimum absolute atomic E-state index is 0.00514. The van der Waals surface area contributed by atoms with Gasteiger partial charge in [-0.05, 0) is 50.7 Å². The molecule has 0 spiro atoms. The van der Waals surface area contributed by atoms with E-state index in [-0.39, 0.29) is 67.5 Å². The zero-order chi connectivity index (χ0) is 36.3. The van der Waals surface area contributed by atoms with Gasteiger partial charge < -0.3 is 35.9 Å². The van der Waals surface area contributed by atoms with Crippen LogP contribution >= 0.6 is 0 Å². The smallest absolute Gasteiger partial charge is 0.409 e. The third kappa shape index (κ3) is 10.3. The fourth-order valence-electron chi connectivity index (χ4n) is 5.41. The number of nitrogens with two attached hydrogens (primary N) is 1. The summed E-state index contributed by atoms with van der Waals surface area (Å²) in [5.74, 6) is -11.9. The number of H-pyrrole nitrogens is 1. The fourth-order valence-corrected chi connectivity index (χ4v) is 5.41. The molecule has 3 heterocycles. The van der Waals surface area contributed by atoms with Crippen LogP contribution in [0.4, 0.5) is 35.5 Å². The summed E-state index contributed by atoms with van der Waals surface area (Å²) in [5, 5.41) is 20.4. The highest BCUT2D eigenvalue weighted by molar-refractivity contribution is 6.42. The van der Waals surface area contributed by atoms with Crippen LogP contribution in [0.2, 0.25) is 0 Å². The highest BCUT2D eigenvalue weighted by Gasteiger charge is 2.62. The fraction of sp³-hybridized carbons (Fsp3) is 0.586. The molecule has 0 radical (unpaired) electrons. The summed E-state index contributed by atoms with van der Waals surface area (Å²) in [6.45, 7) is 0.815. The van der Waals surface area contributed by atoms with Gasteiger partial charge in [-0.3, -0.25) is 9.59 Å². The van der Waals surface area contributed by atoms with Gasteiger partial charge in [-0.15, -0.1) is 0 Å². The van der Waals surface area contributed by atoms with E-state index in [0.29, 0.717) is 16.2 Å². The van der Waals surface area contributed by atoms with E-state index < -0.39 is 42.6 Å². The van der Waals surface area contributed by atoms with Crippen LogP contribution in [0.3, 0.4) is 0 Å². The molecule has 0 bridgehead atoms. The third-order valence-corrected chi connectivity index (χ3v) is 7.82. The van der Waals surface area contributed by atoms with Crippen LogP contribution in [0.15, 0.2) is 23.4 Å². The largest absolute Gasteiger partial charge is 0.453 e. The topological polar surface area (TPSA) is 178 Å². The molecule has 3 amide bonds. The molecule has 3 aliphatic rings. The molecule has 1 aromatic heterocycles. The first-order valence-electron chi connectivity index (χ1n) is 14.7. The zero-order valence-electron chi connectivity index (χ0n) is 26.2. The van der Waals surface area contributed by atoms with Crippen molar-refractivity contribution in [2.45, 2.75) is 69.1 Å². The number of para-hydroxylation sites is 1. The Balaban J connectivity index is 0.000000285. The normalized spacial score (nSPS) is 20.2. The summed E-state index contributed by atoms with van der Waals surface area (Å²) >= 11 is 0. The number of nitrogens with zero attached hydrogens (tertiary/aromatic N) is 4. The predicted molar refractivity (Wildman–Crippen MR) is 159 cm³/mol. The Kier molecular flexibility index (Phi) is 14.1. The number of imidazole rings is 1. The van der Waals surface area contributed by atoms with Gasteiger partial charge in [-0.2, -0.15) is 17.6 Å². The van der Waals surface area contributed by atoms with Crippen molar-refractivity contribution < 1.29 is 55.1 Å². The minimum Gasteiger partial charge on any atom is -0.453 e. The van der Waals surface area contributed by atoms with E-state index in [1.807, 2.05) is 0 Å². The van der Waals surface area contributed by atoms with Crippen LogP contribution in [-0.2, 0) is 14.3 Å². The number of hydrogen-bond acceptors (Lipinski definition) is 8. The van der Waals surface area contributed by atoms with Crippen molar-refractivity contribution in [3.8, 4) is 0 Å². The van der Waals surface area contributed by atoms with E-state index in [9.17, 15) is 45.5 Å². The number of halogens is 7. The number of benzene rings is 1. The molecule has 1 saturated carbocycles. The van der Waals surface area contributed by atoms with Gasteiger partial charge in [0.05, 0.1) is 37.3 Å². The Morgan fingerprint density at radius 2 is 1.67 bits per heavy atom. The Hall–Kier alpha value is -4.45. The molecule has 3 fully saturated rings. The van der Waals surface area contributed by atoms with Gasteiger partial charge in [0.1, 0.15) is 17.1 Å². The molecule has 1 aliphatic carbocycles. The van der Waals surface area contributed by atoms with E-state index in [4.69, 9.17) is 10.2 Å². The second kappa shape index (κ2) is 17.1. The van der Waals surface area contributed by atoms with Crippen molar-refractivity contribution in [3.63, 3.8) is 0 Å². The molecular formula is C29H38F7N7O5. The van der Waals surface area contributed by atoms with Gasteiger partial charge in [0.15, 0.2) is 5.82 Å². The second-order valence-corrected chi connectivity index (χ2v) is 11.3. The van der Waals surface area contributed by atoms with E-state index in [2.05, 4.69) is 25.6 Å². The van der Waals surface area contributed by atoms with Crippen molar-refractivity contribution in [3.05, 3.63) is 29.8 Å². The number of aromatic amines is 1. The number of amides is 3. The lowest BCUT2D eigenvalue weighted by atomic mass is 9.75. The van der Waals surface area contributed by atoms with Crippen LogP contribution in [0, 0.1) is 17.1 Å². The van der Waals surface area contributed by atoms with Crippen LogP contribution in [0.5, 0.6) is 0 Å². The summed E-state index contributed by atoms with van der Waals surface area (Å²) in [4.78, 5) is 38.5. The number of hydrogen-bond donors (Lipinski definition) is 4. The SMILES string of the molecule is CC(=N)/C(=N\O)C(c1nc2c(F)cccc2[nH]1)C1CCC(F)(F)CC1.COC(=O)N1CCCC1.NC=O.O=CN1CC(F)(F)C(F)(F)C1. The number of primary amides is 1. The number of nitrogens with one attached hydrogen (secondary N) is 2. The van der Waals surface area contributed by atoms with Gasteiger partial charge >= 0.3 is 17.9 Å². The van der Waals surface area contributed by atoms with Crippen LogP contribution in [-0.4, -0.2) is 106 Å². The first-order chi connectivity index (χ1) is 22.5. The average molecular weight is 698 g/mol. The summed E-state index contributed by atoms with van der Waals surface area (Å²) in [7, 11) is 1.42. The van der Waals surface area contributed by atoms with Gasteiger partial charge in [0, 0.05) is 25.9 Å². The Bertz CT molecular complexity index is 1410. The van der Waals surface area contributed by atoms with E-state index >= 15 is 0 Å². The maximum atomic E-state index is 13.9. The molecule has 2 saturated heterocycles. The number of methoxy groups -OCH3 is 1. The second-order valence-electron chi connectivity index (χ2n) is 11.3. The first kappa shape index (κ1) is 39.7. The first-order valence-corrected chi connectivity index (χ1v) is 14.7. The molecule has 12 nitrogen and oxygen atoms in total. The average Bonchev–Trinajstić information content (AvgIpc) is 3.75. The van der Waals surface area contributed by atoms with Crippen LogP contribution in [0.1, 0.15) is 57.2 Å². The molecule has 268 valence electrons. The van der Waals surface area contributed by atoms with Gasteiger partial charge in [-0.25, -0.2) is 22.9 Å². The summed E-state index contributed by atoms with van der Waals surface area (Å²) < 4.78 is 94.3. The van der Waals surface area contributed by atoms with Crippen molar-refractivity contribution >= 4 is 41.4 Å². The van der Waals surface area contributed by atoms with E-state index in [1.54, 1.807) is 17.0 Å². The van der Waals surface area contributed by atoms with Crippen molar-refractivity contribution in [2.75, 3.05) is 33.3 Å². The lowest BCUT2D eigenvalue weighted by molar-refractivity contribution is -0.172. The van der Waals surface area contributed by atoms with Crippen molar-refractivity contribution in [2.24, 2.45) is 16.8 Å². The number of carbonyl (C=O) groups is 3. The summed E-state index contributed by atoms with van der Waals surface area (Å²) in [6.07, 6.45) is 2.19. The summed E-state index contributed by atoms with van der Waals surface area (Å²) in [6, 6.07) is 4.48.